The van der Waals surface area contributed by atoms with E-state index in [1.54, 1.807) is 35.0 Å². The highest BCUT2D eigenvalue weighted by atomic mass is 32.1. The van der Waals surface area contributed by atoms with E-state index in [1.165, 1.54) is 16.2 Å². The maximum absolute atomic E-state index is 14.2. The number of carbonyl (C=O) groups is 4. The van der Waals surface area contributed by atoms with Gasteiger partial charge >= 0.3 is 12.1 Å². The Hall–Kier alpha value is -4.82. The quantitative estimate of drug-likeness (QED) is 0.102. The van der Waals surface area contributed by atoms with Crippen molar-refractivity contribution in [2.24, 2.45) is 0 Å². The van der Waals surface area contributed by atoms with Crippen molar-refractivity contribution in [2.75, 3.05) is 20.1 Å². The molecule has 0 radical (unpaired) electrons. The Labute approximate surface area is 325 Å². The molecule has 0 aliphatic carbocycles. The maximum Gasteiger partial charge on any atom is 0.407 e. The van der Waals surface area contributed by atoms with Crippen molar-refractivity contribution in [3.05, 3.63) is 104 Å². The summed E-state index contributed by atoms with van der Waals surface area (Å²) in [4.78, 5) is 66.0. The van der Waals surface area contributed by atoms with Crippen LogP contribution in [0.15, 0.2) is 77.8 Å². The molecule has 1 aliphatic heterocycles. The number of rotatable bonds is 19. The van der Waals surface area contributed by atoms with Crippen LogP contribution in [0.5, 0.6) is 0 Å². The van der Waals surface area contributed by atoms with Gasteiger partial charge in [-0.25, -0.2) is 14.6 Å². The van der Waals surface area contributed by atoms with E-state index >= 15 is 0 Å². The lowest BCUT2D eigenvalue weighted by Gasteiger charge is -2.28. The molecule has 3 heterocycles. The first kappa shape index (κ1) is 40.4. The summed E-state index contributed by atoms with van der Waals surface area (Å²) in [5.74, 6) is 0.0312. The van der Waals surface area contributed by atoms with Crippen LogP contribution in [0.1, 0.15) is 78.6 Å². The number of aromatic nitrogens is 2. The molecule has 1 fully saturated rings. The third-order valence-corrected chi connectivity index (χ3v) is 11.2. The molecule has 288 valence electrons. The van der Waals surface area contributed by atoms with Crippen molar-refractivity contribution in [1.29, 1.82) is 0 Å². The topological polar surface area (TPSA) is 146 Å². The summed E-state index contributed by atoms with van der Waals surface area (Å²) in [5.41, 5.74) is 4.60. The number of alkyl carbamates (subject to hydrolysis) is 1. The van der Waals surface area contributed by atoms with Gasteiger partial charge in [0.05, 0.1) is 27.6 Å². The van der Waals surface area contributed by atoms with Gasteiger partial charge in [-0.3, -0.25) is 14.6 Å². The number of benzene rings is 2. The first-order valence-corrected chi connectivity index (χ1v) is 20.3. The average Bonchev–Trinajstić information content (AvgIpc) is 3.95. The van der Waals surface area contributed by atoms with Gasteiger partial charge < -0.3 is 30.5 Å². The fourth-order valence-electron chi connectivity index (χ4n) is 6.34. The van der Waals surface area contributed by atoms with Gasteiger partial charge in [-0.1, -0.05) is 74.5 Å². The van der Waals surface area contributed by atoms with E-state index in [-0.39, 0.29) is 36.9 Å². The van der Waals surface area contributed by atoms with Crippen LogP contribution < -0.4 is 16.0 Å². The van der Waals surface area contributed by atoms with Crippen molar-refractivity contribution in [1.82, 2.24) is 35.7 Å². The fraction of sp³-hybridized carbons (Fsp3) is 0.450. The van der Waals surface area contributed by atoms with E-state index in [0.717, 1.165) is 33.1 Å². The van der Waals surface area contributed by atoms with Gasteiger partial charge in [-0.15, -0.1) is 22.7 Å². The number of urea groups is 1. The Morgan fingerprint density at radius 3 is 2.15 bits per heavy atom. The molecule has 3 N–H and O–H groups in total. The van der Waals surface area contributed by atoms with Gasteiger partial charge in [0.15, 0.2) is 0 Å². The van der Waals surface area contributed by atoms with Crippen LogP contribution in [0.3, 0.4) is 0 Å². The Morgan fingerprint density at radius 2 is 1.57 bits per heavy atom. The highest BCUT2D eigenvalue weighted by molar-refractivity contribution is 7.09. The molecule has 0 saturated carbocycles. The highest BCUT2D eigenvalue weighted by Crippen LogP contribution is 2.20. The molecule has 4 aromatic rings. The van der Waals surface area contributed by atoms with Gasteiger partial charge in [0.1, 0.15) is 12.6 Å². The van der Waals surface area contributed by atoms with Crippen LogP contribution in [0.25, 0.3) is 0 Å². The van der Waals surface area contributed by atoms with E-state index in [2.05, 4.69) is 39.8 Å². The van der Waals surface area contributed by atoms with Gasteiger partial charge in [-0.2, -0.15) is 0 Å². The molecule has 54 heavy (non-hydrogen) atoms. The molecule has 1 aliphatic rings. The van der Waals surface area contributed by atoms with Crippen molar-refractivity contribution < 1.29 is 23.9 Å². The molecule has 0 unspecified atom stereocenters. The summed E-state index contributed by atoms with van der Waals surface area (Å²) in [6.07, 6.45) is 4.93. The van der Waals surface area contributed by atoms with Gasteiger partial charge in [0.25, 0.3) is 0 Å². The zero-order valence-corrected chi connectivity index (χ0v) is 32.9. The second-order valence-corrected chi connectivity index (χ2v) is 15.9. The zero-order chi connectivity index (χ0) is 38.3. The number of hydrogen-bond acceptors (Lipinski definition) is 9. The minimum Gasteiger partial charge on any atom is -0.444 e. The van der Waals surface area contributed by atoms with E-state index in [0.29, 0.717) is 57.7 Å². The third-order valence-electron chi connectivity index (χ3n) is 9.29. The predicted molar refractivity (Wildman–Crippen MR) is 211 cm³/mol. The monoisotopic (exact) mass is 773 g/mol. The average molecular weight is 774 g/mol. The number of ether oxygens (including phenoxy) is 1. The fourth-order valence-corrected chi connectivity index (χ4v) is 7.67. The zero-order valence-electron chi connectivity index (χ0n) is 31.2. The maximum atomic E-state index is 14.2. The van der Waals surface area contributed by atoms with Crippen LogP contribution in [-0.2, 0) is 40.3 Å². The Kier molecular flexibility index (Phi) is 15.4. The van der Waals surface area contributed by atoms with Crippen LogP contribution >= 0.6 is 22.7 Å². The number of amides is 5. The third kappa shape index (κ3) is 12.9. The predicted octanol–water partition coefficient (Wildman–Crippen LogP) is 6.29. The number of hydrogen-bond donors (Lipinski definition) is 3. The SMILES string of the molecule is CC(C)c1nc(CN(C)C(=O)N[C@@H](CCN2CCCC2=O)C(=O)N[C@@H](CC[C@@H](Cc2ccccc2)NC(=O)OCc2cncs2)Cc2ccccc2)cs1. The van der Waals surface area contributed by atoms with E-state index in [4.69, 9.17) is 4.74 Å². The molecule has 1 saturated heterocycles. The van der Waals surface area contributed by atoms with Gasteiger partial charge in [-0.05, 0) is 49.7 Å². The van der Waals surface area contributed by atoms with E-state index in [1.807, 2.05) is 66.0 Å². The molecule has 14 heteroatoms. The largest absolute Gasteiger partial charge is 0.444 e. The first-order chi connectivity index (χ1) is 26.1. The van der Waals surface area contributed by atoms with Crippen LogP contribution in [0.2, 0.25) is 0 Å². The second kappa shape index (κ2) is 20.6. The summed E-state index contributed by atoms with van der Waals surface area (Å²) >= 11 is 2.99. The normalized spacial score (nSPS) is 14.4. The van der Waals surface area contributed by atoms with Crippen LogP contribution in [0.4, 0.5) is 9.59 Å². The summed E-state index contributed by atoms with van der Waals surface area (Å²) in [5, 5.41) is 12.2. The molecule has 5 amide bonds. The lowest BCUT2D eigenvalue weighted by Crippen LogP contribution is -2.53. The number of nitrogens with one attached hydrogen (secondary N) is 3. The molecule has 0 spiro atoms. The minimum absolute atomic E-state index is 0.0617. The highest BCUT2D eigenvalue weighted by Gasteiger charge is 2.28. The van der Waals surface area contributed by atoms with Crippen molar-refractivity contribution in [2.45, 2.75) is 96.0 Å². The Morgan fingerprint density at radius 1 is 0.907 bits per heavy atom. The van der Waals surface area contributed by atoms with Crippen molar-refractivity contribution in [3.8, 4) is 0 Å². The molecule has 2 aromatic heterocycles. The number of nitrogens with zero attached hydrogens (tertiary/aromatic N) is 4. The molecule has 3 atom stereocenters. The lowest BCUT2D eigenvalue weighted by molar-refractivity contribution is -0.129. The van der Waals surface area contributed by atoms with E-state index < -0.39 is 18.2 Å². The minimum atomic E-state index is -0.881. The molecular formula is C40H51N7O5S2. The van der Waals surface area contributed by atoms with Crippen LogP contribution in [-0.4, -0.2) is 82.0 Å². The standard InChI is InChI=1S/C40H51N7O5S2/c1-28(2)38-43-33(26-53-38)24-46(3)39(50)45-35(18-20-47-19-10-15-36(47)48)37(49)42-31(21-29-11-6-4-7-12-29)16-17-32(22-30-13-8-5-9-14-30)44-40(51)52-25-34-23-41-27-54-34/h4-9,11-14,23,26-28,31-32,35H,10,15-22,24-25H2,1-3H3,(H,42,49)(H,44,51)(H,45,50)/t31-,32-,35-/m0/s1. The van der Waals surface area contributed by atoms with Crippen molar-refractivity contribution in [3.63, 3.8) is 0 Å². The molecule has 2 aromatic carbocycles. The van der Waals surface area contributed by atoms with E-state index in [9.17, 15) is 19.2 Å². The number of carbonyl (C=O) groups excluding carboxylic acids is 4. The lowest BCUT2D eigenvalue weighted by atomic mass is 9.95. The second-order valence-electron chi connectivity index (χ2n) is 14.0. The molecule has 5 rings (SSSR count). The van der Waals surface area contributed by atoms with Crippen LogP contribution in [0, 0.1) is 0 Å². The Bertz CT molecular complexity index is 1770. The Balaban J connectivity index is 1.28. The van der Waals surface area contributed by atoms with Crippen molar-refractivity contribution >= 4 is 46.6 Å². The summed E-state index contributed by atoms with van der Waals surface area (Å²) < 4.78 is 5.51. The summed E-state index contributed by atoms with van der Waals surface area (Å²) in [6, 6.07) is 18.0. The number of likely N-dealkylation sites (tertiary alicyclic amines) is 1. The summed E-state index contributed by atoms with van der Waals surface area (Å²) in [6.45, 7) is 5.60. The summed E-state index contributed by atoms with van der Waals surface area (Å²) in [7, 11) is 1.68. The smallest absolute Gasteiger partial charge is 0.407 e. The molecule has 0 bridgehead atoms. The first-order valence-electron chi connectivity index (χ1n) is 18.6. The molecular weight excluding hydrogens is 723 g/mol. The number of thiazole rings is 2. The van der Waals surface area contributed by atoms with Gasteiger partial charge in [0, 0.05) is 56.1 Å². The van der Waals surface area contributed by atoms with Gasteiger partial charge in [0.2, 0.25) is 11.8 Å². The molecule has 12 nitrogen and oxygen atoms in total.